The van der Waals surface area contributed by atoms with Gasteiger partial charge in [0.2, 0.25) is 5.91 Å². The van der Waals surface area contributed by atoms with Gasteiger partial charge >= 0.3 is 0 Å². The van der Waals surface area contributed by atoms with Gasteiger partial charge in [-0.05, 0) is 28.8 Å². The van der Waals surface area contributed by atoms with Gasteiger partial charge in [-0.3, -0.25) is 9.59 Å². The highest BCUT2D eigenvalue weighted by Gasteiger charge is 2.21. The number of carbonyl (C=O) groups is 2. The number of hydrogen-bond donors (Lipinski definition) is 2. The van der Waals surface area contributed by atoms with Crippen LogP contribution in [0.15, 0.2) is 47.2 Å². The second-order valence-electron chi connectivity index (χ2n) is 7.31. The van der Waals surface area contributed by atoms with Gasteiger partial charge in [0.1, 0.15) is 0 Å². The predicted molar refractivity (Wildman–Crippen MR) is 103 cm³/mol. The molecule has 0 aliphatic rings. The van der Waals surface area contributed by atoms with Crippen LogP contribution < -0.4 is 10.6 Å². The summed E-state index contributed by atoms with van der Waals surface area (Å²) < 4.78 is 0. The smallest absolute Gasteiger partial charge is 0.252 e. The summed E-state index contributed by atoms with van der Waals surface area (Å²) in [7, 11) is 0. The Kier molecular flexibility index (Phi) is 6.76. The third-order valence-electron chi connectivity index (χ3n) is 3.77. The molecule has 1 unspecified atom stereocenters. The van der Waals surface area contributed by atoms with Crippen LogP contribution in [0.2, 0.25) is 0 Å². The van der Waals surface area contributed by atoms with Crippen molar-refractivity contribution in [1.82, 2.24) is 10.6 Å². The Balaban J connectivity index is 1.87. The van der Waals surface area contributed by atoms with Gasteiger partial charge < -0.3 is 10.6 Å². The summed E-state index contributed by atoms with van der Waals surface area (Å²) in [5.41, 5.74) is 1.84. The normalized spacial score (nSPS) is 12.4. The number of thiophene rings is 1. The van der Waals surface area contributed by atoms with Gasteiger partial charge in [-0.1, -0.05) is 51.1 Å². The van der Waals surface area contributed by atoms with E-state index in [9.17, 15) is 9.59 Å². The zero-order valence-electron chi connectivity index (χ0n) is 15.0. The van der Waals surface area contributed by atoms with Crippen LogP contribution in [-0.2, 0) is 4.79 Å². The van der Waals surface area contributed by atoms with E-state index in [4.69, 9.17) is 0 Å². The molecule has 1 aromatic heterocycles. The molecule has 2 amide bonds. The molecule has 1 atom stereocenters. The Morgan fingerprint density at radius 1 is 1.12 bits per heavy atom. The third kappa shape index (κ3) is 6.70. The number of hydrogen-bond acceptors (Lipinski definition) is 3. The van der Waals surface area contributed by atoms with E-state index in [0.29, 0.717) is 12.1 Å². The van der Waals surface area contributed by atoms with Gasteiger partial charge in [-0.2, -0.15) is 11.3 Å². The summed E-state index contributed by atoms with van der Waals surface area (Å²) in [6, 6.07) is 11.8. The van der Waals surface area contributed by atoms with Gasteiger partial charge in [0.15, 0.2) is 0 Å². The topological polar surface area (TPSA) is 58.2 Å². The molecule has 2 aromatic rings. The minimum atomic E-state index is -0.136. The third-order valence-corrected chi connectivity index (χ3v) is 4.46. The summed E-state index contributed by atoms with van der Waals surface area (Å²) >= 11 is 1.48. The molecular formula is C20H26N2O2S. The molecule has 0 radical (unpaired) electrons. The van der Waals surface area contributed by atoms with E-state index < -0.39 is 0 Å². The van der Waals surface area contributed by atoms with E-state index in [1.165, 1.54) is 11.3 Å². The van der Waals surface area contributed by atoms with Crippen molar-refractivity contribution < 1.29 is 9.59 Å². The van der Waals surface area contributed by atoms with Crippen molar-refractivity contribution in [1.29, 1.82) is 0 Å². The molecule has 0 aliphatic heterocycles. The minimum Gasteiger partial charge on any atom is -0.351 e. The molecule has 1 heterocycles. The minimum absolute atomic E-state index is 0.0266. The number of nitrogens with one attached hydrogen (secondary N) is 2. The maximum atomic E-state index is 12.3. The maximum absolute atomic E-state index is 12.3. The Labute approximate surface area is 153 Å². The Bertz CT molecular complexity index is 675. The van der Waals surface area contributed by atoms with E-state index >= 15 is 0 Å². The molecule has 0 fully saturated rings. The zero-order valence-corrected chi connectivity index (χ0v) is 15.9. The van der Waals surface area contributed by atoms with Crippen molar-refractivity contribution >= 4 is 23.2 Å². The first-order valence-corrected chi connectivity index (χ1v) is 9.44. The average Bonchev–Trinajstić information content (AvgIpc) is 3.08. The van der Waals surface area contributed by atoms with Crippen molar-refractivity contribution in [2.24, 2.45) is 5.41 Å². The van der Waals surface area contributed by atoms with Crippen molar-refractivity contribution in [2.45, 2.75) is 39.7 Å². The fraction of sp³-hybridized carbons (Fsp3) is 0.400. The van der Waals surface area contributed by atoms with Gasteiger partial charge in [0.25, 0.3) is 5.91 Å². The van der Waals surface area contributed by atoms with Crippen LogP contribution in [0.4, 0.5) is 0 Å². The molecule has 0 saturated heterocycles. The van der Waals surface area contributed by atoms with Crippen molar-refractivity contribution in [3.05, 3.63) is 58.3 Å². The van der Waals surface area contributed by atoms with E-state index in [1.807, 2.05) is 35.7 Å². The molecule has 2 N–H and O–H groups in total. The number of amides is 2. The number of rotatable bonds is 7. The van der Waals surface area contributed by atoms with E-state index in [-0.39, 0.29) is 29.7 Å². The number of carbonyl (C=O) groups excluding carboxylic acids is 2. The van der Waals surface area contributed by atoms with Gasteiger partial charge in [0.05, 0.1) is 6.04 Å². The van der Waals surface area contributed by atoms with Gasteiger partial charge in [-0.15, -0.1) is 0 Å². The van der Waals surface area contributed by atoms with E-state index in [2.05, 4.69) is 31.4 Å². The van der Waals surface area contributed by atoms with Crippen molar-refractivity contribution in [3.63, 3.8) is 0 Å². The first-order valence-electron chi connectivity index (χ1n) is 8.50. The second kappa shape index (κ2) is 8.81. The van der Waals surface area contributed by atoms with Gasteiger partial charge in [0, 0.05) is 23.9 Å². The second-order valence-corrected chi connectivity index (χ2v) is 8.09. The summed E-state index contributed by atoms with van der Waals surface area (Å²) in [6.45, 7) is 6.82. The van der Waals surface area contributed by atoms with Crippen LogP contribution in [0.1, 0.15) is 55.6 Å². The van der Waals surface area contributed by atoms with E-state index in [0.717, 1.165) is 12.0 Å². The lowest BCUT2D eigenvalue weighted by Gasteiger charge is -2.27. The van der Waals surface area contributed by atoms with Gasteiger partial charge in [-0.25, -0.2) is 0 Å². The van der Waals surface area contributed by atoms with Crippen LogP contribution in [0.5, 0.6) is 0 Å². The first kappa shape index (κ1) is 19.2. The van der Waals surface area contributed by atoms with Crippen molar-refractivity contribution in [2.75, 3.05) is 6.54 Å². The lowest BCUT2D eigenvalue weighted by Crippen LogP contribution is -2.34. The standard InChI is InChI=1S/C20H26N2O2S/c1-20(2,3)13-17(15-7-5-4-6-8-15)22-18(23)9-11-21-19(24)16-10-12-25-14-16/h4-8,10,12,14,17H,9,11,13H2,1-3H3,(H,21,24)(H,22,23). The molecule has 0 spiro atoms. The molecule has 0 aliphatic carbocycles. The Hall–Kier alpha value is -2.14. The summed E-state index contributed by atoms with van der Waals surface area (Å²) in [4.78, 5) is 24.2. The summed E-state index contributed by atoms with van der Waals surface area (Å²) in [5, 5.41) is 9.55. The lowest BCUT2D eigenvalue weighted by molar-refractivity contribution is -0.121. The molecule has 134 valence electrons. The molecule has 25 heavy (non-hydrogen) atoms. The highest BCUT2D eigenvalue weighted by Crippen LogP contribution is 2.29. The van der Waals surface area contributed by atoms with Crippen LogP contribution >= 0.6 is 11.3 Å². The Morgan fingerprint density at radius 3 is 2.44 bits per heavy atom. The fourth-order valence-corrected chi connectivity index (χ4v) is 3.24. The van der Waals surface area contributed by atoms with Crippen LogP contribution in [0.25, 0.3) is 0 Å². The summed E-state index contributed by atoms with van der Waals surface area (Å²) in [6.07, 6.45) is 1.12. The first-order chi connectivity index (χ1) is 11.8. The largest absolute Gasteiger partial charge is 0.351 e. The molecule has 0 saturated carbocycles. The van der Waals surface area contributed by atoms with Crippen LogP contribution in [0, 0.1) is 5.41 Å². The molecular weight excluding hydrogens is 332 g/mol. The molecule has 1 aromatic carbocycles. The number of benzene rings is 1. The van der Waals surface area contributed by atoms with E-state index in [1.54, 1.807) is 11.4 Å². The van der Waals surface area contributed by atoms with Crippen LogP contribution in [0.3, 0.4) is 0 Å². The Morgan fingerprint density at radius 2 is 1.84 bits per heavy atom. The maximum Gasteiger partial charge on any atom is 0.252 e. The summed E-state index contributed by atoms with van der Waals surface area (Å²) in [5.74, 6) is -0.188. The predicted octanol–water partition coefficient (Wildman–Crippen LogP) is 4.16. The monoisotopic (exact) mass is 358 g/mol. The van der Waals surface area contributed by atoms with Crippen LogP contribution in [-0.4, -0.2) is 18.4 Å². The molecule has 5 heteroatoms. The average molecular weight is 359 g/mol. The fourth-order valence-electron chi connectivity index (χ4n) is 2.60. The zero-order chi connectivity index (χ0) is 18.3. The molecule has 4 nitrogen and oxygen atoms in total. The highest BCUT2D eigenvalue weighted by molar-refractivity contribution is 7.08. The highest BCUT2D eigenvalue weighted by atomic mass is 32.1. The molecule has 2 rings (SSSR count). The SMILES string of the molecule is CC(C)(C)CC(NC(=O)CCNC(=O)c1ccsc1)c1ccccc1. The quantitative estimate of drug-likeness (QED) is 0.781. The van der Waals surface area contributed by atoms with Crippen molar-refractivity contribution in [3.8, 4) is 0 Å². The molecule has 0 bridgehead atoms. The lowest BCUT2D eigenvalue weighted by atomic mass is 9.85.